The summed E-state index contributed by atoms with van der Waals surface area (Å²) < 4.78 is 57.5. The van der Waals surface area contributed by atoms with Crippen LogP contribution < -0.4 is 4.90 Å². The van der Waals surface area contributed by atoms with E-state index in [0.29, 0.717) is 0 Å². The fourth-order valence-corrected chi connectivity index (χ4v) is 25.0. The van der Waals surface area contributed by atoms with Gasteiger partial charge < -0.3 is 4.90 Å². The standard InChI is InChI=1S/C102H105N13S9/c1-4-7-10-13-16-19-22-25-28-31-34-73-64-91(94-79(52-58-85-97(94)112-122-106-85)70-43-55-82-88(61-70)109-119-103-82)116-100(73)67-37-46-76(47-38-67)115(77-48-39-68(40-49-77)101-74(35-32-29-26-23-20-17-14-11-8-5-2)65-92(117-101)95-80(53-59-86-98(95)113-123-107-86)71-44-56-83-89(62-71)110-120-104-83)78-50-41-69(42-51-78)102-75(36-33-30-27-24-21-18-15-12-9-6-3)66-93(118-102)96-81(54-60-87-99(96)114-124-108-87)72-45-57-84-90(63-72)111-121-105-84/h37-66H,4-36H2,1-3H3. The topological polar surface area (TPSA) is 158 Å². The highest BCUT2D eigenvalue weighted by Crippen LogP contribution is 2.51. The van der Waals surface area contributed by atoms with E-state index in [9.17, 15) is 0 Å². The summed E-state index contributed by atoms with van der Waals surface area (Å²) in [5, 5.41) is 0. The first-order valence-corrected chi connectivity index (χ1v) is 52.2. The first-order chi connectivity index (χ1) is 61.4. The van der Waals surface area contributed by atoms with Gasteiger partial charge in [-0.25, -0.2) is 0 Å². The van der Waals surface area contributed by atoms with Gasteiger partial charge in [-0.15, -0.1) is 34.0 Å². The SMILES string of the molecule is CCCCCCCCCCCCc1cc(-c2c(-c3ccc4nsnc4c3)ccc3nsnc23)sc1-c1ccc(N(c2ccc(-c3sc(-c4c(-c5ccc6nsnc6c5)ccc5nsnc45)cc3CCCCCCCCCCCC)cc2)c2ccc(-c3sc(-c4c(-c5ccc6nsnc6c5)ccc5nsnc45)cc3CCCCCCCCCCCC)cc2)cc1. The highest BCUT2D eigenvalue weighted by atomic mass is 32.1. The van der Waals surface area contributed by atoms with Crippen molar-refractivity contribution < 1.29 is 0 Å². The third-order valence-corrected chi connectivity index (χ3v) is 31.7. The number of aryl methyl sites for hydroxylation is 3. The van der Waals surface area contributed by atoms with E-state index in [2.05, 4.69) is 221 Å². The minimum atomic E-state index is 0.906. The van der Waals surface area contributed by atoms with Gasteiger partial charge in [-0.2, -0.15) is 52.5 Å². The van der Waals surface area contributed by atoms with E-state index in [1.165, 1.54) is 306 Å². The van der Waals surface area contributed by atoms with Crippen molar-refractivity contribution >= 4 is 188 Å². The molecular weight excluding hydrogens is 1700 g/mol. The van der Waals surface area contributed by atoms with E-state index < -0.39 is 0 Å². The second-order valence-electron chi connectivity index (χ2n) is 33.4. The summed E-state index contributed by atoms with van der Waals surface area (Å²) in [6.07, 6.45) is 41.7. The molecule has 0 unspecified atom stereocenters. The van der Waals surface area contributed by atoms with Crippen LogP contribution in [0.25, 0.3) is 162 Å². The zero-order valence-corrected chi connectivity index (χ0v) is 78.5. The lowest BCUT2D eigenvalue weighted by Gasteiger charge is -2.26. The van der Waals surface area contributed by atoms with Crippen molar-refractivity contribution in [3.05, 3.63) is 199 Å². The molecule has 0 saturated heterocycles. The van der Waals surface area contributed by atoms with E-state index in [1.807, 2.05) is 34.0 Å². The molecule has 0 aliphatic carbocycles. The Hall–Kier alpha value is -9.20. The first-order valence-electron chi connectivity index (χ1n) is 45.3. The van der Waals surface area contributed by atoms with Crippen LogP contribution in [0, 0.1) is 0 Å². The van der Waals surface area contributed by atoms with E-state index in [-0.39, 0.29) is 0 Å². The van der Waals surface area contributed by atoms with Crippen LogP contribution >= 0.6 is 104 Å². The maximum Gasteiger partial charge on any atom is 0.114 e. The summed E-state index contributed by atoms with van der Waals surface area (Å²) in [4.78, 5) is 9.99. The van der Waals surface area contributed by atoms with Gasteiger partial charge in [0.2, 0.25) is 0 Å². The minimum Gasteiger partial charge on any atom is -0.311 e. The van der Waals surface area contributed by atoms with E-state index in [0.717, 1.165) is 172 Å². The van der Waals surface area contributed by atoms with Crippen LogP contribution in [0.2, 0.25) is 0 Å². The van der Waals surface area contributed by atoms with Crippen LogP contribution in [0.3, 0.4) is 0 Å². The average Bonchev–Trinajstić information content (AvgIpc) is 1.59. The number of anilines is 3. The van der Waals surface area contributed by atoms with Crippen LogP contribution in [0.1, 0.15) is 230 Å². The summed E-state index contributed by atoms with van der Waals surface area (Å²) in [6.45, 7) is 6.92. The van der Waals surface area contributed by atoms with Crippen LogP contribution in [0.4, 0.5) is 17.1 Å². The molecular formula is C102H105N13S9. The van der Waals surface area contributed by atoms with Gasteiger partial charge in [0.1, 0.15) is 66.2 Å². The molecule has 22 heteroatoms. The van der Waals surface area contributed by atoms with Crippen molar-refractivity contribution in [1.82, 2.24) is 52.5 Å². The average molecular weight is 1800 g/mol. The summed E-state index contributed by atoms with van der Waals surface area (Å²) in [5.41, 5.74) is 32.1. The van der Waals surface area contributed by atoms with Gasteiger partial charge in [-0.1, -0.05) is 267 Å². The Balaban J connectivity index is 0.723. The Bertz CT molecular complexity index is 5910. The lowest BCUT2D eigenvalue weighted by atomic mass is 9.95. The molecule has 0 radical (unpaired) electrons. The molecule has 0 fully saturated rings. The van der Waals surface area contributed by atoms with E-state index in [1.54, 1.807) is 0 Å². The maximum absolute atomic E-state index is 5.05. The predicted octanol–water partition coefficient (Wildman–Crippen LogP) is 33.8. The largest absolute Gasteiger partial charge is 0.311 e. The molecule has 0 saturated carbocycles. The number of benzene rings is 9. The van der Waals surface area contributed by atoms with Crippen molar-refractivity contribution in [3.8, 4) is 96.0 Å². The molecule has 0 bridgehead atoms. The van der Waals surface area contributed by atoms with Gasteiger partial charge in [0.15, 0.2) is 0 Å². The number of fused-ring (bicyclic) bond motifs is 6. The zero-order valence-electron chi connectivity index (χ0n) is 71.1. The Morgan fingerprint density at radius 3 is 0.710 bits per heavy atom. The highest BCUT2D eigenvalue weighted by Gasteiger charge is 2.27. The highest BCUT2D eigenvalue weighted by molar-refractivity contribution is 7.20. The predicted molar refractivity (Wildman–Crippen MR) is 536 cm³/mol. The van der Waals surface area contributed by atoms with Crippen molar-refractivity contribution in [2.75, 3.05) is 4.90 Å². The van der Waals surface area contributed by atoms with Gasteiger partial charge in [0.25, 0.3) is 0 Å². The number of nitrogens with zero attached hydrogens (tertiary/aromatic N) is 13. The van der Waals surface area contributed by atoms with Crippen LogP contribution in [0.15, 0.2) is 182 Å². The Labute approximate surface area is 765 Å². The van der Waals surface area contributed by atoms with Crippen molar-refractivity contribution in [2.24, 2.45) is 0 Å². The van der Waals surface area contributed by atoms with Gasteiger partial charge in [-0.3, -0.25) is 0 Å². The monoisotopic (exact) mass is 1800 g/mol. The molecule has 0 N–H and O–H groups in total. The molecule has 18 aromatic rings. The van der Waals surface area contributed by atoms with Crippen molar-refractivity contribution in [2.45, 2.75) is 233 Å². The summed E-state index contributed by atoms with van der Waals surface area (Å²) in [7, 11) is 0. The molecule has 0 aliphatic heterocycles. The molecule has 0 aliphatic rings. The molecule has 0 atom stereocenters. The quantitative estimate of drug-likeness (QED) is 0.0332. The number of rotatable bonds is 45. The Morgan fingerprint density at radius 2 is 0.435 bits per heavy atom. The molecule has 0 amide bonds. The van der Waals surface area contributed by atoms with E-state index >= 15 is 0 Å². The molecule has 13 nitrogen and oxygen atoms in total. The van der Waals surface area contributed by atoms with Gasteiger partial charge in [0.05, 0.1) is 70.4 Å². The molecule has 9 aromatic heterocycles. The van der Waals surface area contributed by atoms with Crippen molar-refractivity contribution in [1.29, 1.82) is 0 Å². The summed E-state index contributed by atoms with van der Waals surface area (Å²) in [5.74, 6) is 0. The van der Waals surface area contributed by atoms with Crippen LogP contribution in [0.5, 0.6) is 0 Å². The number of unbranched alkanes of at least 4 members (excludes halogenated alkanes) is 27. The molecule has 632 valence electrons. The molecule has 9 heterocycles. The van der Waals surface area contributed by atoms with Crippen LogP contribution in [-0.4, -0.2) is 52.5 Å². The van der Waals surface area contributed by atoms with Crippen molar-refractivity contribution in [3.63, 3.8) is 0 Å². The first kappa shape index (κ1) is 85.6. The summed E-state index contributed by atoms with van der Waals surface area (Å²) >= 11 is 13.3. The number of thiophene rings is 3. The minimum absolute atomic E-state index is 0.906. The second-order valence-corrected chi connectivity index (χ2v) is 39.8. The Kier molecular flexibility index (Phi) is 28.9. The maximum atomic E-state index is 5.05. The van der Waals surface area contributed by atoms with Gasteiger partial charge >= 0.3 is 0 Å². The summed E-state index contributed by atoms with van der Waals surface area (Å²) in [6, 6.07) is 68.5. The number of hydrogen-bond donors (Lipinski definition) is 0. The van der Waals surface area contributed by atoms with E-state index in [4.69, 9.17) is 39.4 Å². The van der Waals surface area contributed by atoms with Gasteiger partial charge in [0, 0.05) is 63.0 Å². The third kappa shape index (κ3) is 19.8. The Morgan fingerprint density at radius 1 is 0.210 bits per heavy atom. The second kappa shape index (κ2) is 41.9. The van der Waals surface area contributed by atoms with Gasteiger partial charge in [-0.05, 0) is 214 Å². The fraction of sp³-hybridized carbons (Fsp3) is 0.353. The normalized spacial score (nSPS) is 11.9. The third-order valence-electron chi connectivity index (χ3n) is 24.7. The zero-order chi connectivity index (χ0) is 83.8. The number of hydrogen-bond acceptors (Lipinski definition) is 22. The molecule has 18 rings (SSSR count). The number of aromatic nitrogens is 12. The molecule has 0 spiro atoms. The molecule has 124 heavy (non-hydrogen) atoms. The fourth-order valence-electron chi connectivity index (χ4n) is 18.0. The smallest absolute Gasteiger partial charge is 0.114 e. The molecule has 9 aromatic carbocycles. The van der Waals surface area contributed by atoms with Crippen LogP contribution in [-0.2, 0) is 19.3 Å². The lowest BCUT2D eigenvalue weighted by Crippen LogP contribution is -2.09. The lowest BCUT2D eigenvalue weighted by molar-refractivity contribution is 0.556.